The molecule has 2 nitrogen and oxygen atoms in total. The van der Waals surface area contributed by atoms with Gasteiger partial charge in [-0.2, -0.15) is 0 Å². The highest BCUT2D eigenvalue weighted by atomic mass is 35.5. The average Bonchev–Trinajstić information content (AvgIpc) is 2.85. The van der Waals surface area contributed by atoms with Gasteiger partial charge in [0.2, 0.25) is 0 Å². The van der Waals surface area contributed by atoms with E-state index >= 15 is 0 Å². The Morgan fingerprint density at radius 3 is 2.53 bits per heavy atom. The van der Waals surface area contributed by atoms with Crippen LogP contribution < -0.4 is 10.1 Å². The van der Waals surface area contributed by atoms with Crippen LogP contribution in [0.5, 0.6) is 5.75 Å². The van der Waals surface area contributed by atoms with Gasteiger partial charge < -0.3 is 10.1 Å². The second kappa shape index (κ2) is 6.83. The van der Waals surface area contributed by atoms with Crippen LogP contribution in [0.25, 0.3) is 0 Å². The molecular weight excluding hydrogens is 278 g/mol. The van der Waals surface area contributed by atoms with Crippen LogP contribution in [-0.4, -0.2) is 6.61 Å². The Balaban J connectivity index is 1.95. The SMILES string of the molecule is CCCOc1ccc(NC(C)c2ccc(Cl)s2)cc1. The maximum atomic E-state index is 5.95. The lowest BCUT2D eigenvalue weighted by Crippen LogP contribution is -2.04. The summed E-state index contributed by atoms with van der Waals surface area (Å²) in [4.78, 5) is 1.23. The first-order valence-corrected chi connectivity index (χ1v) is 7.63. The van der Waals surface area contributed by atoms with E-state index in [0.717, 1.165) is 28.8 Å². The molecule has 0 aliphatic carbocycles. The van der Waals surface area contributed by atoms with E-state index in [1.54, 1.807) is 11.3 Å². The Morgan fingerprint density at radius 1 is 1.21 bits per heavy atom. The molecule has 1 aromatic heterocycles. The van der Waals surface area contributed by atoms with Gasteiger partial charge in [0.1, 0.15) is 5.75 Å². The summed E-state index contributed by atoms with van der Waals surface area (Å²) in [6.45, 7) is 4.99. The number of nitrogens with one attached hydrogen (secondary N) is 1. The van der Waals surface area contributed by atoms with Crippen molar-refractivity contribution >= 4 is 28.6 Å². The fourth-order valence-corrected chi connectivity index (χ4v) is 2.81. The Labute approximate surface area is 123 Å². The van der Waals surface area contributed by atoms with Gasteiger partial charge in [0.05, 0.1) is 17.0 Å². The first-order chi connectivity index (χ1) is 9.19. The van der Waals surface area contributed by atoms with Crippen molar-refractivity contribution in [3.63, 3.8) is 0 Å². The fourth-order valence-electron chi connectivity index (χ4n) is 1.75. The highest BCUT2D eigenvalue weighted by Gasteiger charge is 2.08. The largest absolute Gasteiger partial charge is 0.494 e. The van der Waals surface area contributed by atoms with Crippen LogP contribution in [0.4, 0.5) is 5.69 Å². The summed E-state index contributed by atoms with van der Waals surface area (Å²) >= 11 is 7.56. The third-order valence-electron chi connectivity index (χ3n) is 2.73. The normalized spacial score (nSPS) is 12.2. The third kappa shape index (κ3) is 4.15. The van der Waals surface area contributed by atoms with Crippen LogP contribution in [-0.2, 0) is 0 Å². The Morgan fingerprint density at radius 2 is 1.95 bits per heavy atom. The number of anilines is 1. The number of rotatable bonds is 6. The standard InChI is InChI=1S/C15H18ClNOS/c1-3-10-18-13-6-4-12(5-7-13)17-11(2)14-8-9-15(16)19-14/h4-9,11,17H,3,10H2,1-2H3. The van der Waals surface area contributed by atoms with Crippen molar-refractivity contribution in [3.05, 3.63) is 45.6 Å². The molecule has 1 aromatic carbocycles. The molecule has 0 saturated heterocycles. The minimum absolute atomic E-state index is 0.250. The Hall–Kier alpha value is -1.19. The molecule has 19 heavy (non-hydrogen) atoms. The minimum atomic E-state index is 0.250. The number of hydrogen-bond acceptors (Lipinski definition) is 3. The van der Waals surface area contributed by atoms with Crippen LogP contribution in [0.3, 0.4) is 0 Å². The number of hydrogen-bond donors (Lipinski definition) is 1. The summed E-state index contributed by atoms with van der Waals surface area (Å²) < 4.78 is 6.39. The van der Waals surface area contributed by atoms with Gasteiger partial charge in [0.25, 0.3) is 0 Å². The van der Waals surface area contributed by atoms with Crippen LogP contribution in [0.15, 0.2) is 36.4 Å². The highest BCUT2D eigenvalue weighted by molar-refractivity contribution is 7.16. The van der Waals surface area contributed by atoms with E-state index in [-0.39, 0.29) is 6.04 Å². The lowest BCUT2D eigenvalue weighted by atomic mass is 10.2. The molecule has 0 saturated carbocycles. The van der Waals surface area contributed by atoms with Gasteiger partial charge in [-0.15, -0.1) is 11.3 Å². The third-order valence-corrected chi connectivity index (χ3v) is 4.14. The van der Waals surface area contributed by atoms with Crippen molar-refractivity contribution in [1.29, 1.82) is 0 Å². The molecule has 1 N–H and O–H groups in total. The van der Waals surface area contributed by atoms with Gasteiger partial charge in [-0.05, 0) is 49.7 Å². The fraction of sp³-hybridized carbons (Fsp3) is 0.333. The maximum Gasteiger partial charge on any atom is 0.119 e. The average molecular weight is 296 g/mol. The first-order valence-electron chi connectivity index (χ1n) is 6.43. The lowest BCUT2D eigenvalue weighted by molar-refractivity contribution is 0.317. The Kier molecular flexibility index (Phi) is 5.11. The molecule has 0 aliphatic rings. The monoisotopic (exact) mass is 295 g/mol. The van der Waals surface area contributed by atoms with E-state index in [1.165, 1.54) is 4.88 Å². The van der Waals surface area contributed by atoms with E-state index in [2.05, 4.69) is 25.2 Å². The molecule has 0 bridgehead atoms. The highest BCUT2D eigenvalue weighted by Crippen LogP contribution is 2.29. The molecule has 0 aliphatic heterocycles. The zero-order chi connectivity index (χ0) is 13.7. The number of halogens is 1. The van der Waals surface area contributed by atoms with Gasteiger partial charge in [-0.25, -0.2) is 0 Å². The topological polar surface area (TPSA) is 21.3 Å². The number of benzene rings is 1. The molecular formula is C15H18ClNOS. The molecule has 2 rings (SSSR count). The van der Waals surface area contributed by atoms with Crippen LogP contribution in [0.2, 0.25) is 4.34 Å². The van der Waals surface area contributed by atoms with E-state index in [0.29, 0.717) is 0 Å². The minimum Gasteiger partial charge on any atom is -0.494 e. The van der Waals surface area contributed by atoms with Crippen LogP contribution in [0, 0.1) is 0 Å². The smallest absolute Gasteiger partial charge is 0.119 e. The molecule has 0 fully saturated rings. The maximum absolute atomic E-state index is 5.95. The second-order valence-corrected chi connectivity index (χ2v) is 6.13. The summed E-state index contributed by atoms with van der Waals surface area (Å²) in [5.74, 6) is 0.916. The first kappa shape index (κ1) is 14.2. The molecule has 1 heterocycles. The van der Waals surface area contributed by atoms with E-state index in [4.69, 9.17) is 16.3 Å². The van der Waals surface area contributed by atoms with Crippen molar-refractivity contribution in [2.45, 2.75) is 26.3 Å². The molecule has 0 radical (unpaired) electrons. The predicted molar refractivity (Wildman–Crippen MR) is 83.6 cm³/mol. The molecule has 2 aromatic rings. The van der Waals surface area contributed by atoms with Crippen molar-refractivity contribution in [1.82, 2.24) is 0 Å². The van der Waals surface area contributed by atoms with Gasteiger partial charge in [0, 0.05) is 10.6 Å². The van der Waals surface area contributed by atoms with Crippen molar-refractivity contribution in [3.8, 4) is 5.75 Å². The van der Waals surface area contributed by atoms with Gasteiger partial charge in [-0.1, -0.05) is 18.5 Å². The van der Waals surface area contributed by atoms with Crippen molar-refractivity contribution in [2.24, 2.45) is 0 Å². The molecule has 4 heteroatoms. The van der Waals surface area contributed by atoms with Crippen LogP contribution in [0.1, 0.15) is 31.2 Å². The molecule has 1 atom stereocenters. The molecule has 0 spiro atoms. The van der Waals surface area contributed by atoms with Crippen molar-refractivity contribution in [2.75, 3.05) is 11.9 Å². The van der Waals surface area contributed by atoms with E-state index in [1.807, 2.05) is 30.3 Å². The van der Waals surface area contributed by atoms with E-state index < -0.39 is 0 Å². The number of thiophene rings is 1. The van der Waals surface area contributed by atoms with Gasteiger partial charge in [0.15, 0.2) is 0 Å². The quantitative estimate of drug-likeness (QED) is 0.774. The molecule has 0 amide bonds. The van der Waals surface area contributed by atoms with Gasteiger partial charge >= 0.3 is 0 Å². The predicted octanol–water partition coefficient (Wildman–Crippen LogP) is 5.36. The second-order valence-electron chi connectivity index (χ2n) is 4.38. The molecule has 1 unspecified atom stereocenters. The number of ether oxygens (including phenoxy) is 1. The summed E-state index contributed by atoms with van der Waals surface area (Å²) in [6, 6.07) is 12.3. The zero-order valence-electron chi connectivity index (χ0n) is 11.2. The Bertz CT molecular complexity index is 509. The molecule has 102 valence electrons. The summed E-state index contributed by atoms with van der Waals surface area (Å²) in [7, 11) is 0. The van der Waals surface area contributed by atoms with E-state index in [9.17, 15) is 0 Å². The lowest BCUT2D eigenvalue weighted by Gasteiger charge is -2.14. The summed E-state index contributed by atoms with van der Waals surface area (Å²) in [5, 5.41) is 3.45. The van der Waals surface area contributed by atoms with Crippen LogP contribution >= 0.6 is 22.9 Å². The zero-order valence-corrected chi connectivity index (χ0v) is 12.7. The van der Waals surface area contributed by atoms with Gasteiger partial charge in [-0.3, -0.25) is 0 Å². The van der Waals surface area contributed by atoms with Crippen molar-refractivity contribution < 1.29 is 4.74 Å². The summed E-state index contributed by atoms with van der Waals surface area (Å²) in [6.07, 6.45) is 1.02. The summed E-state index contributed by atoms with van der Waals surface area (Å²) in [5.41, 5.74) is 1.08.